The second kappa shape index (κ2) is 9.09. The highest BCUT2D eigenvalue weighted by Crippen LogP contribution is 2.27. The van der Waals surface area contributed by atoms with Gasteiger partial charge in [-0.1, -0.05) is 23.2 Å². The Balaban J connectivity index is 0.00000243. The topological polar surface area (TPSA) is 59.0 Å². The van der Waals surface area contributed by atoms with Crippen molar-refractivity contribution in [3.63, 3.8) is 0 Å². The van der Waals surface area contributed by atoms with Crippen LogP contribution in [0.15, 0.2) is 18.2 Å². The number of carbonyl (C=O) groups is 1. The van der Waals surface area contributed by atoms with Gasteiger partial charge in [-0.15, -0.1) is 12.4 Å². The number of benzene rings is 1. The zero-order valence-electron chi connectivity index (χ0n) is 14.8. The van der Waals surface area contributed by atoms with E-state index in [0.717, 1.165) is 48.6 Å². The maximum absolute atomic E-state index is 12.4. The maximum Gasteiger partial charge on any atom is 0.224 e. The number of carbonyl (C=O) groups excluding carboxylic acids is 1. The molecule has 3 rings (SSSR count). The van der Waals surface area contributed by atoms with Gasteiger partial charge in [-0.2, -0.15) is 5.10 Å². The summed E-state index contributed by atoms with van der Waals surface area (Å²) in [5.41, 5.74) is 3.46. The summed E-state index contributed by atoms with van der Waals surface area (Å²) in [7, 11) is 0. The van der Waals surface area contributed by atoms with E-state index in [4.69, 9.17) is 23.2 Å². The van der Waals surface area contributed by atoms with Gasteiger partial charge >= 0.3 is 0 Å². The maximum atomic E-state index is 12.4. The first kappa shape index (κ1) is 21.0. The lowest BCUT2D eigenvalue weighted by Crippen LogP contribution is -2.43. The van der Waals surface area contributed by atoms with Crippen molar-refractivity contribution in [2.45, 2.75) is 39.2 Å². The second-order valence-corrected chi connectivity index (χ2v) is 7.27. The first-order valence-electron chi connectivity index (χ1n) is 8.46. The molecule has 2 aromatic rings. The Labute approximate surface area is 169 Å². The molecule has 1 saturated heterocycles. The summed E-state index contributed by atoms with van der Waals surface area (Å²) in [4.78, 5) is 12.4. The van der Waals surface area contributed by atoms with Crippen LogP contribution in [-0.4, -0.2) is 34.8 Å². The number of aromatic nitrogens is 2. The fourth-order valence-corrected chi connectivity index (χ4v) is 3.71. The molecule has 26 heavy (non-hydrogen) atoms. The Bertz CT molecular complexity index is 785. The molecule has 1 fully saturated rings. The lowest BCUT2D eigenvalue weighted by Gasteiger charge is -2.23. The third kappa shape index (κ3) is 4.71. The number of nitrogens with zero attached hydrogens (tertiary/aromatic N) is 2. The van der Waals surface area contributed by atoms with Crippen LogP contribution in [0, 0.1) is 13.8 Å². The number of rotatable bonds is 4. The van der Waals surface area contributed by atoms with Crippen molar-refractivity contribution in [2.24, 2.45) is 0 Å². The highest BCUT2D eigenvalue weighted by atomic mass is 35.5. The van der Waals surface area contributed by atoms with E-state index in [2.05, 4.69) is 15.7 Å². The molecule has 142 valence electrons. The summed E-state index contributed by atoms with van der Waals surface area (Å²) < 4.78 is 1.78. The van der Waals surface area contributed by atoms with Crippen molar-refractivity contribution in [2.75, 3.05) is 13.1 Å². The summed E-state index contributed by atoms with van der Waals surface area (Å²) >= 11 is 12.3. The Kier molecular flexibility index (Phi) is 7.35. The quantitative estimate of drug-likeness (QED) is 0.798. The van der Waals surface area contributed by atoms with Crippen LogP contribution < -0.4 is 10.6 Å². The van der Waals surface area contributed by atoms with Crippen molar-refractivity contribution in [3.05, 3.63) is 45.2 Å². The molecule has 0 bridgehead atoms. The molecule has 1 aliphatic heterocycles. The number of hydrogen-bond acceptors (Lipinski definition) is 3. The van der Waals surface area contributed by atoms with Gasteiger partial charge in [0.1, 0.15) is 0 Å². The minimum atomic E-state index is 0. The van der Waals surface area contributed by atoms with Crippen molar-refractivity contribution in [1.29, 1.82) is 0 Å². The first-order valence-corrected chi connectivity index (χ1v) is 9.22. The third-order valence-corrected chi connectivity index (χ3v) is 5.16. The largest absolute Gasteiger partial charge is 0.353 e. The molecule has 1 amide bonds. The normalized spacial score (nSPS) is 14.8. The molecule has 2 heterocycles. The smallest absolute Gasteiger partial charge is 0.224 e. The lowest BCUT2D eigenvalue weighted by molar-refractivity contribution is -0.121. The van der Waals surface area contributed by atoms with Gasteiger partial charge in [0.2, 0.25) is 5.91 Å². The van der Waals surface area contributed by atoms with Crippen LogP contribution in [0.4, 0.5) is 0 Å². The Morgan fingerprint density at radius 1 is 1.31 bits per heavy atom. The van der Waals surface area contributed by atoms with Crippen molar-refractivity contribution >= 4 is 41.5 Å². The van der Waals surface area contributed by atoms with E-state index < -0.39 is 0 Å². The minimum absolute atomic E-state index is 0. The van der Waals surface area contributed by atoms with E-state index >= 15 is 0 Å². The van der Waals surface area contributed by atoms with Gasteiger partial charge in [-0.05, 0) is 58.0 Å². The highest BCUT2D eigenvalue weighted by Gasteiger charge is 2.20. The number of halogens is 3. The van der Waals surface area contributed by atoms with Gasteiger partial charge in [-0.25, -0.2) is 4.68 Å². The molecular formula is C18H23Cl3N4O. The van der Waals surface area contributed by atoms with Crippen LogP contribution in [0.25, 0.3) is 5.69 Å². The zero-order chi connectivity index (χ0) is 18.0. The highest BCUT2D eigenvalue weighted by molar-refractivity contribution is 6.35. The second-order valence-electron chi connectivity index (χ2n) is 6.43. The summed E-state index contributed by atoms with van der Waals surface area (Å²) in [5, 5.41) is 12.1. The van der Waals surface area contributed by atoms with E-state index in [0.29, 0.717) is 16.5 Å². The molecule has 0 saturated carbocycles. The number of aryl methyl sites for hydroxylation is 1. The molecule has 2 N–H and O–H groups in total. The van der Waals surface area contributed by atoms with Crippen molar-refractivity contribution < 1.29 is 4.79 Å². The van der Waals surface area contributed by atoms with Gasteiger partial charge in [0.15, 0.2) is 0 Å². The van der Waals surface area contributed by atoms with Crippen molar-refractivity contribution in [1.82, 2.24) is 20.4 Å². The summed E-state index contributed by atoms with van der Waals surface area (Å²) in [6.45, 7) is 5.78. The molecule has 0 radical (unpaired) electrons. The van der Waals surface area contributed by atoms with Gasteiger partial charge < -0.3 is 10.6 Å². The van der Waals surface area contributed by atoms with Crippen LogP contribution in [0.1, 0.15) is 29.8 Å². The van der Waals surface area contributed by atoms with Crippen molar-refractivity contribution in [3.8, 4) is 5.69 Å². The predicted octanol–water partition coefficient (Wildman–Crippen LogP) is 3.63. The number of piperidine rings is 1. The molecule has 0 aliphatic carbocycles. The fourth-order valence-electron chi connectivity index (χ4n) is 3.22. The molecule has 8 heteroatoms. The predicted molar refractivity (Wildman–Crippen MR) is 108 cm³/mol. The standard InChI is InChI=1S/C18H22Cl2N4O.ClH/c1-11-15(10-18(25)22-14-5-7-21-8-6-14)12(2)24(23-11)17-4-3-13(19)9-16(17)20;/h3-4,9,14,21H,5-8,10H2,1-2H3,(H,22,25);1H. The first-order chi connectivity index (χ1) is 12.0. The molecule has 0 atom stereocenters. The van der Waals surface area contributed by atoms with E-state index in [9.17, 15) is 4.79 Å². The summed E-state index contributed by atoms with van der Waals surface area (Å²) in [5.74, 6) is 0.0415. The van der Waals surface area contributed by atoms with Gasteiger partial charge in [-0.3, -0.25) is 4.79 Å². The molecule has 1 aliphatic rings. The van der Waals surface area contributed by atoms with E-state index in [-0.39, 0.29) is 24.4 Å². The van der Waals surface area contributed by atoms with Gasteiger partial charge in [0.05, 0.1) is 22.8 Å². The summed E-state index contributed by atoms with van der Waals surface area (Å²) in [6, 6.07) is 5.57. The fraction of sp³-hybridized carbons (Fsp3) is 0.444. The Hall–Kier alpha value is -1.27. The van der Waals surface area contributed by atoms with Crippen LogP contribution in [0.2, 0.25) is 10.0 Å². The van der Waals surface area contributed by atoms with E-state index in [1.54, 1.807) is 16.8 Å². The van der Waals surface area contributed by atoms with E-state index in [1.165, 1.54) is 0 Å². The Morgan fingerprint density at radius 3 is 2.65 bits per heavy atom. The molecule has 1 aromatic carbocycles. The van der Waals surface area contributed by atoms with E-state index in [1.807, 2.05) is 19.9 Å². The number of hydrogen-bond donors (Lipinski definition) is 2. The monoisotopic (exact) mass is 416 g/mol. The average molecular weight is 418 g/mol. The van der Waals surface area contributed by atoms with Crippen LogP contribution in [0.5, 0.6) is 0 Å². The lowest BCUT2D eigenvalue weighted by atomic mass is 10.1. The molecule has 0 unspecified atom stereocenters. The average Bonchev–Trinajstić information content (AvgIpc) is 2.84. The van der Waals surface area contributed by atoms with Gasteiger partial charge in [0, 0.05) is 22.3 Å². The van der Waals surface area contributed by atoms with Crippen LogP contribution in [0.3, 0.4) is 0 Å². The van der Waals surface area contributed by atoms with Crippen LogP contribution in [-0.2, 0) is 11.2 Å². The molecule has 5 nitrogen and oxygen atoms in total. The van der Waals surface area contributed by atoms with Gasteiger partial charge in [0.25, 0.3) is 0 Å². The third-order valence-electron chi connectivity index (χ3n) is 4.62. The summed E-state index contributed by atoms with van der Waals surface area (Å²) in [6.07, 6.45) is 2.28. The Morgan fingerprint density at radius 2 is 2.00 bits per heavy atom. The zero-order valence-corrected chi connectivity index (χ0v) is 17.1. The minimum Gasteiger partial charge on any atom is -0.353 e. The molecule has 0 spiro atoms. The number of nitrogens with one attached hydrogen (secondary N) is 2. The van der Waals surface area contributed by atoms with Crippen LogP contribution >= 0.6 is 35.6 Å². The number of amides is 1. The molecular weight excluding hydrogens is 395 g/mol. The molecule has 1 aromatic heterocycles. The SMILES string of the molecule is Cc1nn(-c2ccc(Cl)cc2Cl)c(C)c1CC(=O)NC1CCNCC1.Cl.